The monoisotopic (exact) mass is 358 g/mol. The number of rotatable bonds is 2. The highest BCUT2D eigenvalue weighted by Gasteiger charge is 2.36. The van der Waals surface area contributed by atoms with Gasteiger partial charge in [-0.05, 0) is 31.7 Å². The SMILES string of the molecule is C[C@@H]1CCCN(S(=O)(=O)c2cc3oc(=O)n(C)c3cc2Cl)[C@H]1C. The number of fused-ring (bicyclic) bond motifs is 1. The van der Waals surface area contributed by atoms with E-state index in [4.69, 9.17) is 16.0 Å². The topological polar surface area (TPSA) is 72.5 Å². The van der Waals surface area contributed by atoms with Gasteiger partial charge in [-0.3, -0.25) is 4.57 Å². The van der Waals surface area contributed by atoms with E-state index in [1.165, 1.54) is 21.0 Å². The molecule has 0 aliphatic carbocycles. The summed E-state index contributed by atoms with van der Waals surface area (Å²) < 4.78 is 33.9. The van der Waals surface area contributed by atoms with E-state index in [2.05, 4.69) is 0 Å². The number of halogens is 1. The molecule has 0 saturated carbocycles. The zero-order valence-electron chi connectivity index (χ0n) is 13.2. The highest BCUT2D eigenvalue weighted by Crippen LogP contribution is 2.33. The Labute approximate surface area is 139 Å². The Balaban J connectivity index is 2.14. The predicted octanol–water partition coefficient (Wildman–Crippen LogP) is 2.59. The molecule has 1 aromatic heterocycles. The van der Waals surface area contributed by atoms with Crippen LogP contribution in [0.25, 0.3) is 11.1 Å². The molecule has 2 aromatic rings. The first-order chi connectivity index (χ1) is 10.7. The maximum Gasteiger partial charge on any atom is 0.419 e. The number of piperidine rings is 1. The summed E-state index contributed by atoms with van der Waals surface area (Å²) in [5, 5.41) is 0.0966. The van der Waals surface area contributed by atoms with Crippen LogP contribution in [0.1, 0.15) is 26.7 Å². The fraction of sp³-hybridized carbons (Fsp3) is 0.533. The summed E-state index contributed by atoms with van der Waals surface area (Å²) in [6, 6.07) is 2.72. The van der Waals surface area contributed by atoms with Crippen molar-refractivity contribution in [1.82, 2.24) is 8.87 Å². The molecule has 0 unspecified atom stereocenters. The van der Waals surface area contributed by atoms with E-state index in [-0.39, 0.29) is 27.5 Å². The van der Waals surface area contributed by atoms with Crippen LogP contribution in [0, 0.1) is 5.92 Å². The van der Waals surface area contributed by atoms with Gasteiger partial charge >= 0.3 is 5.76 Å². The third-order valence-corrected chi connectivity index (χ3v) is 7.20. The Morgan fingerprint density at radius 3 is 2.70 bits per heavy atom. The van der Waals surface area contributed by atoms with Crippen molar-refractivity contribution in [3.8, 4) is 0 Å². The van der Waals surface area contributed by atoms with Gasteiger partial charge in [-0.1, -0.05) is 18.5 Å². The highest BCUT2D eigenvalue weighted by molar-refractivity contribution is 7.89. The summed E-state index contributed by atoms with van der Waals surface area (Å²) in [6.07, 6.45) is 1.83. The number of hydrogen-bond acceptors (Lipinski definition) is 4. The molecule has 1 saturated heterocycles. The van der Waals surface area contributed by atoms with Gasteiger partial charge in [0.05, 0.1) is 10.5 Å². The summed E-state index contributed by atoms with van der Waals surface area (Å²) in [7, 11) is -2.19. The van der Waals surface area contributed by atoms with Crippen LogP contribution >= 0.6 is 11.6 Å². The minimum atomic E-state index is -3.74. The molecular weight excluding hydrogens is 340 g/mol. The molecule has 2 atom stereocenters. The Hall–Kier alpha value is -1.31. The number of oxazole rings is 1. The second-order valence-corrected chi connectivity index (χ2v) is 8.42. The smallest absolute Gasteiger partial charge is 0.408 e. The molecule has 126 valence electrons. The van der Waals surface area contributed by atoms with Crippen LogP contribution in [0.15, 0.2) is 26.2 Å². The number of benzene rings is 1. The molecule has 0 N–H and O–H groups in total. The molecule has 1 fully saturated rings. The number of aryl methyl sites for hydroxylation is 1. The highest BCUT2D eigenvalue weighted by atomic mass is 35.5. The van der Waals surface area contributed by atoms with Gasteiger partial charge in [-0.25, -0.2) is 13.2 Å². The molecular formula is C15H19ClN2O4S. The van der Waals surface area contributed by atoms with Crippen LogP contribution < -0.4 is 5.76 Å². The fourth-order valence-corrected chi connectivity index (χ4v) is 5.37. The van der Waals surface area contributed by atoms with Crippen LogP contribution in [0.5, 0.6) is 0 Å². The number of hydrogen-bond donors (Lipinski definition) is 0. The summed E-state index contributed by atoms with van der Waals surface area (Å²) in [6.45, 7) is 4.44. The standard InChI is InChI=1S/C15H19ClN2O4S/c1-9-5-4-6-18(10(9)2)23(20,21)14-8-13-12(7-11(14)16)17(3)15(19)22-13/h7-10H,4-6H2,1-3H3/t9-,10+/m1/s1. The molecule has 0 bridgehead atoms. The maximum absolute atomic E-state index is 13.0. The summed E-state index contributed by atoms with van der Waals surface area (Å²) in [4.78, 5) is 11.6. The predicted molar refractivity (Wildman–Crippen MR) is 88.2 cm³/mol. The Morgan fingerprint density at radius 2 is 2.00 bits per heavy atom. The van der Waals surface area contributed by atoms with Crippen LogP contribution in [0.3, 0.4) is 0 Å². The molecule has 1 aromatic carbocycles. The van der Waals surface area contributed by atoms with Crippen LogP contribution in [-0.4, -0.2) is 29.9 Å². The van der Waals surface area contributed by atoms with Gasteiger partial charge < -0.3 is 4.42 Å². The Bertz CT molecular complexity index is 915. The molecule has 23 heavy (non-hydrogen) atoms. The van der Waals surface area contributed by atoms with Crippen LogP contribution in [0.4, 0.5) is 0 Å². The molecule has 0 radical (unpaired) electrons. The minimum absolute atomic E-state index is 0.0121. The van der Waals surface area contributed by atoms with Gasteiger partial charge in [0.2, 0.25) is 10.0 Å². The van der Waals surface area contributed by atoms with Gasteiger partial charge in [0.1, 0.15) is 4.90 Å². The third-order valence-electron chi connectivity index (χ3n) is 4.75. The number of aromatic nitrogens is 1. The second-order valence-electron chi connectivity index (χ2n) is 6.15. The van der Waals surface area contributed by atoms with Crippen molar-refractivity contribution < 1.29 is 12.8 Å². The lowest BCUT2D eigenvalue weighted by molar-refractivity contribution is 0.202. The molecule has 2 heterocycles. The van der Waals surface area contributed by atoms with E-state index in [0.29, 0.717) is 12.1 Å². The van der Waals surface area contributed by atoms with Crippen LogP contribution in [0.2, 0.25) is 5.02 Å². The lowest BCUT2D eigenvalue weighted by atomic mass is 9.94. The lowest BCUT2D eigenvalue weighted by Crippen LogP contribution is -2.45. The summed E-state index contributed by atoms with van der Waals surface area (Å²) in [5.74, 6) is -0.263. The average molecular weight is 359 g/mol. The van der Waals surface area contributed by atoms with Gasteiger partial charge in [-0.15, -0.1) is 0 Å². The van der Waals surface area contributed by atoms with Crippen LogP contribution in [-0.2, 0) is 17.1 Å². The molecule has 1 aliphatic rings. The van der Waals surface area contributed by atoms with Crippen molar-refractivity contribution in [2.75, 3.05) is 6.54 Å². The third kappa shape index (κ3) is 2.60. The van der Waals surface area contributed by atoms with E-state index in [0.717, 1.165) is 12.8 Å². The average Bonchev–Trinajstić information content (AvgIpc) is 2.76. The minimum Gasteiger partial charge on any atom is -0.408 e. The second kappa shape index (κ2) is 5.65. The Kier molecular flexibility index (Phi) is 4.06. The summed E-state index contributed by atoms with van der Waals surface area (Å²) >= 11 is 6.21. The van der Waals surface area contributed by atoms with Gasteiger partial charge in [0.15, 0.2) is 5.58 Å². The van der Waals surface area contributed by atoms with E-state index in [1.54, 1.807) is 7.05 Å². The number of nitrogens with zero attached hydrogens (tertiary/aromatic N) is 2. The van der Waals surface area contributed by atoms with E-state index < -0.39 is 15.8 Å². The van der Waals surface area contributed by atoms with Crippen molar-refractivity contribution >= 4 is 32.7 Å². The van der Waals surface area contributed by atoms with E-state index in [9.17, 15) is 13.2 Å². The molecule has 8 heteroatoms. The van der Waals surface area contributed by atoms with E-state index >= 15 is 0 Å². The van der Waals surface area contributed by atoms with Gasteiger partial charge in [0.25, 0.3) is 0 Å². The van der Waals surface area contributed by atoms with E-state index in [1.807, 2.05) is 13.8 Å². The van der Waals surface area contributed by atoms with Gasteiger partial charge in [0, 0.05) is 25.7 Å². The van der Waals surface area contributed by atoms with Crippen molar-refractivity contribution in [2.24, 2.45) is 13.0 Å². The summed E-state index contributed by atoms with van der Waals surface area (Å²) in [5.41, 5.74) is 0.692. The zero-order valence-corrected chi connectivity index (χ0v) is 14.8. The van der Waals surface area contributed by atoms with Crippen molar-refractivity contribution in [1.29, 1.82) is 0 Å². The molecule has 1 aliphatic heterocycles. The first kappa shape index (κ1) is 16.5. The molecule has 0 spiro atoms. The van der Waals surface area contributed by atoms with Gasteiger partial charge in [-0.2, -0.15) is 4.31 Å². The Morgan fingerprint density at radius 1 is 1.30 bits per heavy atom. The largest absolute Gasteiger partial charge is 0.419 e. The van der Waals surface area contributed by atoms with Crippen molar-refractivity contribution in [3.05, 3.63) is 27.7 Å². The van der Waals surface area contributed by atoms with Crippen molar-refractivity contribution in [2.45, 2.75) is 37.6 Å². The zero-order chi connectivity index (χ0) is 16.9. The molecule has 3 rings (SSSR count). The molecule has 0 amide bonds. The molecule has 6 nitrogen and oxygen atoms in total. The normalized spacial score (nSPS) is 23.5. The maximum atomic E-state index is 13.0. The van der Waals surface area contributed by atoms with Crippen molar-refractivity contribution in [3.63, 3.8) is 0 Å². The first-order valence-electron chi connectivity index (χ1n) is 7.54. The lowest BCUT2D eigenvalue weighted by Gasteiger charge is -2.36. The number of sulfonamides is 1. The quantitative estimate of drug-likeness (QED) is 0.827. The first-order valence-corrected chi connectivity index (χ1v) is 9.36. The fourth-order valence-electron chi connectivity index (χ4n) is 3.09.